The lowest BCUT2D eigenvalue weighted by atomic mass is 9.91. The lowest BCUT2D eigenvalue weighted by Gasteiger charge is -2.21. The molecule has 0 spiro atoms. The maximum atomic E-state index is 13.5. The average Bonchev–Trinajstić information content (AvgIpc) is 3.74. The molecule has 2 saturated heterocycles. The van der Waals surface area contributed by atoms with Crippen molar-refractivity contribution in [2.75, 3.05) is 26.2 Å². The van der Waals surface area contributed by atoms with Crippen LogP contribution in [0.15, 0.2) is 0 Å². The molecule has 6 aliphatic rings. The van der Waals surface area contributed by atoms with Crippen molar-refractivity contribution in [1.29, 1.82) is 0 Å². The molecule has 190 valence electrons. The van der Waals surface area contributed by atoms with Gasteiger partial charge in [-0.3, -0.25) is 19.8 Å². The van der Waals surface area contributed by atoms with Crippen LogP contribution in [-0.2, 0) is 9.59 Å². The number of H-pyrrole nitrogens is 2. The molecule has 36 heavy (non-hydrogen) atoms. The van der Waals surface area contributed by atoms with E-state index >= 15 is 0 Å². The summed E-state index contributed by atoms with van der Waals surface area (Å²) in [5.41, 5.74) is 0. The van der Waals surface area contributed by atoms with Crippen LogP contribution in [0.2, 0.25) is 0 Å². The number of rotatable bonds is 6. The zero-order valence-corrected chi connectivity index (χ0v) is 20.6. The van der Waals surface area contributed by atoms with Crippen molar-refractivity contribution < 1.29 is 9.59 Å². The predicted octanol–water partition coefficient (Wildman–Crippen LogP) is 2.28. The van der Waals surface area contributed by atoms with Crippen LogP contribution < -0.4 is 0 Å². The third kappa shape index (κ3) is 3.75. The first kappa shape index (κ1) is 21.3. The molecule has 0 radical (unpaired) electrons. The molecule has 6 fully saturated rings. The number of nitrogens with one attached hydrogen (secondary N) is 2. The van der Waals surface area contributed by atoms with Crippen molar-refractivity contribution in [1.82, 2.24) is 40.2 Å². The Morgan fingerprint density at radius 1 is 0.611 bits per heavy atom. The first-order chi connectivity index (χ1) is 17.6. The van der Waals surface area contributed by atoms with E-state index in [-0.39, 0.29) is 23.7 Å². The summed E-state index contributed by atoms with van der Waals surface area (Å²) < 4.78 is 0. The number of hydrogen-bond donors (Lipinski definition) is 2. The molecule has 4 saturated carbocycles. The summed E-state index contributed by atoms with van der Waals surface area (Å²) in [5, 5.41) is 15.3. The Labute approximate surface area is 210 Å². The van der Waals surface area contributed by atoms with Gasteiger partial charge in [-0.2, -0.15) is 10.2 Å². The molecule has 2 aromatic heterocycles. The van der Waals surface area contributed by atoms with Crippen LogP contribution in [0.25, 0.3) is 0 Å². The summed E-state index contributed by atoms with van der Waals surface area (Å²) in [6, 6.07) is 0. The number of aromatic amines is 2. The largest absolute Gasteiger partial charge is 0.333 e. The summed E-state index contributed by atoms with van der Waals surface area (Å²) in [4.78, 5) is 40.2. The maximum absolute atomic E-state index is 13.5. The maximum Gasteiger partial charge on any atom is 0.312 e. The highest BCUT2D eigenvalue weighted by Crippen LogP contribution is 2.49. The monoisotopic (exact) mass is 490 g/mol. The fraction of sp³-hybridized carbons (Fsp3) is 0.769. The molecule has 2 amide bonds. The Morgan fingerprint density at radius 2 is 1.03 bits per heavy atom. The summed E-state index contributed by atoms with van der Waals surface area (Å²) in [6.45, 7) is 2.41. The smallest absolute Gasteiger partial charge is 0.312 e. The molecule has 10 nitrogen and oxygen atoms in total. The van der Waals surface area contributed by atoms with Crippen molar-refractivity contribution in [2.24, 2.45) is 23.7 Å². The lowest BCUT2D eigenvalue weighted by molar-refractivity contribution is -0.150. The standard InChI is InChI=1S/C26H34N8O2/c35-25(33-9-17(13-1-2-13)19(11-33)23-27-21(29-31-23)15-5-6-15)26(36)34-10-18(14-3-4-14)20(12-34)24-28-22(30-32-24)16-7-8-16/h13-20H,1-12H2,(H,27,29,31)(H,28,30,32)/t17-,18-,19+,20+/m0/s1. The van der Waals surface area contributed by atoms with Crippen LogP contribution in [0, 0.1) is 23.7 Å². The fourth-order valence-electron chi connectivity index (χ4n) is 6.80. The van der Waals surface area contributed by atoms with E-state index in [9.17, 15) is 9.59 Å². The van der Waals surface area contributed by atoms with Crippen molar-refractivity contribution in [3.05, 3.63) is 23.3 Å². The van der Waals surface area contributed by atoms with Gasteiger partial charge in [-0.05, 0) is 75.0 Å². The van der Waals surface area contributed by atoms with Crippen molar-refractivity contribution >= 4 is 11.8 Å². The number of amides is 2. The quantitative estimate of drug-likeness (QED) is 0.599. The second-order valence-electron chi connectivity index (χ2n) is 12.3. The van der Waals surface area contributed by atoms with E-state index in [0.717, 1.165) is 23.3 Å². The molecule has 2 aromatic rings. The van der Waals surface area contributed by atoms with E-state index in [0.29, 0.717) is 61.7 Å². The van der Waals surface area contributed by atoms with Gasteiger partial charge in [0.25, 0.3) is 0 Å². The van der Waals surface area contributed by atoms with Gasteiger partial charge >= 0.3 is 11.8 Å². The number of carbonyl (C=O) groups excluding carboxylic acids is 2. The van der Waals surface area contributed by atoms with E-state index in [1.165, 1.54) is 51.4 Å². The first-order valence-corrected chi connectivity index (χ1v) is 14.0. The van der Waals surface area contributed by atoms with Crippen LogP contribution >= 0.6 is 0 Å². The van der Waals surface area contributed by atoms with Gasteiger partial charge in [-0.15, -0.1) is 0 Å². The Morgan fingerprint density at radius 3 is 1.39 bits per heavy atom. The number of likely N-dealkylation sites (tertiary alicyclic amines) is 2. The summed E-state index contributed by atoms with van der Waals surface area (Å²) in [6.07, 6.45) is 9.50. The normalized spacial score (nSPS) is 32.4. The minimum Gasteiger partial charge on any atom is -0.333 e. The van der Waals surface area contributed by atoms with Gasteiger partial charge in [-0.25, -0.2) is 9.97 Å². The number of hydrogen-bond acceptors (Lipinski definition) is 6. The topological polar surface area (TPSA) is 124 Å². The van der Waals surface area contributed by atoms with Gasteiger partial charge in [0.15, 0.2) is 11.6 Å². The molecular weight excluding hydrogens is 456 g/mol. The van der Waals surface area contributed by atoms with E-state index in [1.807, 2.05) is 0 Å². The van der Waals surface area contributed by atoms with Crippen molar-refractivity contribution in [3.63, 3.8) is 0 Å². The van der Waals surface area contributed by atoms with E-state index in [2.05, 4.69) is 20.4 Å². The third-order valence-electron chi connectivity index (χ3n) is 9.57. The average molecular weight is 491 g/mol. The number of carbonyl (C=O) groups is 2. The highest BCUT2D eigenvalue weighted by atomic mass is 16.2. The van der Waals surface area contributed by atoms with Gasteiger partial charge in [-0.1, -0.05) is 0 Å². The zero-order valence-electron chi connectivity index (χ0n) is 20.6. The van der Waals surface area contributed by atoms with Crippen molar-refractivity contribution in [2.45, 2.75) is 75.0 Å². The second kappa shape index (κ2) is 7.86. The van der Waals surface area contributed by atoms with Gasteiger partial charge in [0.1, 0.15) is 11.6 Å². The first-order valence-electron chi connectivity index (χ1n) is 14.0. The van der Waals surface area contributed by atoms with Crippen molar-refractivity contribution in [3.8, 4) is 0 Å². The SMILES string of the molecule is O=C(C(=O)N1C[C@@H](c2nc(C3CC3)n[nH]2)[C@H](C2CC2)C1)N1C[C@@H](c2nc(C3CC3)n[nH]2)[C@H](C2CC2)C1. The van der Waals surface area contributed by atoms with Gasteiger partial charge < -0.3 is 9.80 Å². The van der Waals surface area contributed by atoms with Gasteiger partial charge in [0.05, 0.1) is 0 Å². The lowest BCUT2D eigenvalue weighted by Crippen LogP contribution is -2.44. The molecule has 0 unspecified atom stereocenters. The summed E-state index contributed by atoms with van der Waals surface area (Å²) in [7, 11) is 0. The Balaban J connectivity index is 0.981. The molecule has 0 bridgehead atoms. The minimum absolute atomic E-state index is 0.148. The Hall–Kier alpha value is -2.78. The molecule has 4 atom stereocenters. The van der Waals surface area contributed by atoms with E-state index < -0.39 is 0 Å². The second-order valence-corrected chi connectivity index (χ2v) is 12.3. The summed E-state index contributed by atoms with van der Waals surface area (Å²) in [5.74, 6) is 6.23. The minimum atomic E-state index is -0.350. The molecule has 10 heteroatoms. The highest BCUT2D eigenvalue weighted by molar-refractivity contribution is 6.35. The molecule has 0 aromatic carbocycles. The van der Waals surface area contributed by atoms with Gasteiger partial charge in [0.2, 0.25) is 0 Å². The Bertz CT molecular complexity index is 1100. The predicted molar refractivity (Wildman–Crippen MR) is 128 cm³/mol. The van der Waals surface area contributed by atoms with E-state index in [4.69, 9.17) is 9.97 Å². The highest BCUT2D eigenvalue weighted by Gasteiger charge is 2.50. The van der Waals surface area contributed by atoms with Crippen LogP contribution in [0.1, 0.15) is 98.3 Å². The molecule has 2 aliphatic heterocycles. The number of nitrogens with zero attached hydrogens (tertiary/aromatic N) is 6. The Kier molecular flexibility index (Phi) is 4.65. The molecule has 4 aliphatic carbocycles. The van der Waals surface area contributed by atoms with Crippen LogP contribution in [0.5, 0.6) is 0 Å². The summed E-state index contributed by atoms with van der Waals surface area (Å²) >= 11 is 0. The third-order valence-corrected chi connectivity index (χ3v) is 9.57. The van der Waals surface area contributed by atoms with Gasteiger partial charge in [0, 0.05) is 49.9 Å². The van der Waals surface area contributed by atoms with Crippen LogP contribution in [-0.4, -0.2) is 78.2 Å². The molecule has 4 heterocycles. The van der Waals surface area contributed by atoms with Crippen LogP contribution in [0.4, 0.5) is 0 Å². The molecule has 8 rings (SSSR count). The zero-order chi connectivity index (χ0) is 24.0. The van der Waals surface area contributed by atoms with E-state index in [1.54, 1.807) is 9.80 Å². The molecule has 2 N–H and O–H groups in total. The molecular formula is C26H34N8O2. The number of aromatic nitrogens is 6. The fourth-order valence-corrected chi connectivity index (χ4v) is 6.80. The van der Waals surface area contributed by atoms with Crippen LogP contribution in [0.3, 0.4) is 0 Å².